The summed E-state index contributed by atoms with van der Waals surface area (Å²) in [5.74, 6) is -1.23. The molecular formula is C26H33N2O3+. The van der Waals surface area contributed by atoms with Crippen molar-refractivity contribution in [1.82, 2.24) is 4.90 Å². The van der Waals surface area contributed by atoms with Gasteiger partial charge < -0.3 is 14.9 Å². The second-order valence-electron chi connectivity index (χ2n) is 8.38. The Morgan fingerprint density at radius 1 is 1.00 bits per heavy atom. The van der Waals surface area contributed by atoms with E-state index in [0.717, 1.165) is 41.9 Å². The van der Waals surface area contributed by atoms with Gasteiger partial charge in [0.05, 0.1) is 37.8 Å². The predicted octanol–water partition coefficient (Wildman–Crippen LogP) is 2.96. The molecule has 3 rings (SSSR count). The van der Waals surface area contributed by atoms with Crippen molar-refractivity contribution >= 4 is 17.4 Å². The quantitative estimate of drug-likeness (QED) is 0.411. The van der Waals surface area contributed by atoms with E-state index in [1.54, 1.807) is 4.90 Å². The van der Waals surface area contributed by atoms with Crippen LogP contribution < -0.4 is 4.90 Å². The highest BCUT2D eigenvalue weighted by molar-refractivity contribution is 6.46. The highest BCUT2D eigenvalue weighted by Crippen LogP contribution is 2.40. The maximum atomic E-state index is 13.2. The number of carbonyl (C=O) groups excluding carboxylic acids is 2. The Morgan fingerprint density at radius 2 is 1.58 bits per heavy atom. The fourth-order valence-corrected chi connectivity index (χ4v) is 4.66. The average molecular weight is 422 g/mol. The Labute approximate surface area is 185 Å². The van der Waals surface area contributed by atoms with E-state index in [4.69, 9.17) is 0 Å². The van der Waals surface area contributed by atoms with Crippen LogP contribution in [0.2, 0.25) is 0 Å². The lowest BCUT2D eigenvalue weighted by Crippen LogP contribution is -3.12. The minimum atomic E-state index is -0.611. The lowest BCUT2D eigenvalue weighted by molar-refractivity contribution is -0.895. The molecule has 5 nitrogen and oxygen atoms in total. The summed E-state index contributed by atoms with van der Waals surface area (Å²) in [6.07, 6.45) is 0. The predicted molar refractivity (Wildman–Crippen MR) is 123 cm³/mol. The van der Waals surface area contributed by atoms with Crippen LogP contribution in [0.25, 0.3) is 5.76 Å². The van der Waals surface area contributed by atoms with Crippen LogP contribution in [0.5, 0.6) is 0 Å². The Bertz CT molecular complexity index is 984. The van der Waals surface area contributed by atoms with Gasteiger partial charge in [-0.2, -0.15) is 0 Å². The van der Waals surface area contributed by atoms with Gasteiger partial charge in [-0.15, -0.1) is 0 Å². The number of hydrogen-bond acceptors (Lipinski definition) is 3. The molecule has 2 N–H and O–H groups in total. The normalized spacial score (nSPS) is 18.3. The average Bonchev–Trinajstić information content (AvgIpc) is 2.99. The van der Waals surface area contributed by atoms with Gasteiger partial charge in [0.1, 0.15) is 5.76 Å². The Hall–Kier alpha value is -2.92. The number of ketones is 1. The maximum Gasteiger partial charge on any atom is 0.295 e. The van der Waals surface area contributed by atoms with Crippen molar-refractivity contribution in [3.05, 3.63) is 75.9 Å². The van der Waals surface area contributed by atoms with Crippen LogP contribution in [0.4, 0.5) is 0 Å². The highest BCUT2D eigenvalue weighted by atomic mass is 16.3. The smallest absolute Gasteiger partial charge is 0.295 e. The van der Waals surface area contributed by atoms with Crippen molar-refractivity contribution in [2.75, 3.05) is 26.2 Å². The minimum absolute atomic E-state index is 0.0834. The van der Waals surface area contributed by atoms with Crippen molar-refractivity contribution in [2.24, 2.45) is 0 Å². The summed E-state index contributed by atoms with van der Waals surface area (Å²) in [5.41, 5.74) is 4.52. The van der Waals surface area contributed by atoms with Gasteiger partial charge in [-0.25, -0.2) is 0 Å². The van der Waals surface area contributed by atoms with Crippen LogP contribution in [0, 0.1) is 20.8 Å². The SMILES string of the molecule is CC[NH+](CC)CCN1C(=O)C(=O)C(=C(O)c2c(C)cc(C)cc2C)[C@H]1c1ccccc1. The van der Waals surface area contributed by atoms with E-state index in [-0.39, 0.29) is 11.3 Å². The number of aryl methyl sites for hydroxylation is 3. The molecule has 2 aromatic rings. The van der Waals surface area contributed by atoms with Gasteiger partial charge in [0.15, 0.2) is 0 Å². The Balaban J connectivity index is 2.15. The van der Waals surface area contributed by atoms with E-state index in [1.165, 1.54) is 4.90 Å². The minimum Gasteiger partial charge on any atom is -0.507 e. The first kappa shape index (κ1) is 22.8. The van der Waals surface area contributed by atoms with Crippen molar-refractivity contribution in [3.63, 3.8) is 0 Å². The standard InChI is InChI=1S/C26H32N2O3/c1-6-27(7-2)13-14-28-23(20-11-9-8-10-12-20)22(25(30)26(28)31)24(29)21-18(4)15-17(3)16-19(21)5/h8-12,15-16,23,29H,6-7,13-14H2,1-5H3/p+1/t23-/m1/s1. The van der Waals surface area contributed by atoms with E-state index in [9.17, 15) is 14.7 Å². The number of Topliss-reactive ketones (excluding diaryl/α,β-unsaturated/α-hetero) is 1. The second kappa shape index (κ2) is 9.48. The number of amides is 1. The van der Waals surface area contributed by atoms with Crippen LogP contribution in [-0.4, -0.2) is 47.9 Å². The van der Waals surface area contributed by atoms with Crippen LogP contribution in [0.3, 0.4) is 0 Å². The molecule has 0 radical (unpaired) electrons. The van der Waals surface area contributed by atoms with E-state index in [0.29, 0.717) is 12.1 Å². The molecule has 5 heteroatoms. The number of likely N-dealkylation sites (N-methyl/N-ethyl adjacent to an activating group) is 1. The fourth-order valence-electron chi connectivity index (χ4n) is 4.66. The third kappa shape index (κ3) is 4.42. The number of nitrogens with one attached hydrogen (secondary N) is 1. The van der Waals surface area contributed by atoms with Gasteiger partial charge in [0.25, 0.3) is 11.7 Å². The highest BCUT2D eigenvalue weighted by Gasteiger charge is 2.46. The molecule has 1 atom stereocenters. The molecule has 1 fully saturated rings. The first-order valence-corrected chi connectivity index (χ1v) is 11.0. The molecule has 0 saturated carbocycles. The van der Waals surface area contributed by atoms with Crippen molar-refractivity contribution in [3.8, 4) is 0 Å². The van der Waals surface area contributed by atoms with Crippen molar-refractivity contribution < 1.29 is 19.6 Å². The molecule has 1 aliphatic heterocycles. The number of aliphatic hydroxyl groups is 1. The number of quaternary nitrogens is 1. The second-order valence-corrected chi connectivity index (χ2v) is 8.38. The fraction of sp³-hybridized carbons (Fsp3) is 0.385. The van der Waals surface area contributed by atoms with Gasteiger partial charge in [-0.05, 0) is 51.3 Å². The Morgan fingerprint density at radius 3 is 2.13 bits per heavy atom. The van der Waals surface area contributed by atoms with E-state index < -0.39 is 17.7 Å². The van der Waals surface area contributed by atoms with Gasteiger partial charge in [-0.1, -0.05) is 48.0 Å². The molecular weight excluding hydrogens is 388 g/mol. The van der Waals surface area contributed by atoms with Crippen LogP contribution in [-0.2, 0) is 9.59 Å². The first-order chi connectivity index (χ1) is 14.8. The third-order valence-electron chi connectivity index (χ3n) is 6.28. The monoisotopic (exact) mass is 421 g/mol. The Kier molecular flexibility index (Phi) is 6.96. The molecule has 1 saturated heterocycles. The number of rotatable bonds is 7. The molecule has 0 unspecified atom stereocenters. The zero-order valence-electron chi connectivity index (χ0n) is 19.2. The van der Waals surface area contributed by atoms with E-state index >= 15 is 0 Å². The molecule has 1 heterocycles. The van der Waals surface area contributed by atoms with Gasteiger partial charge >= 0.3 is 0 Å². The van der Waals surface area contributed by atoms with Crippen molar-refractivity contribution in [1.29, 1.82) is 0 Å². The van der Waals surface area contributed by atoms with Crippen LogP contribution in [0.1, 0.15) is 47.7 Å². The summed E-state index contributed by atoms with van der Waals surface area (Å²) in [6, 6.07) is 12.9. The van der Waals surface area contributed by atoms with Crippen LogP contribution in [0.15, 0.2) is 48.0 Å². The molecule has 0 aliphatic carbocycles. The lowest BCUT2D eigenvalue weighted by Gasteiger charge is -2.27. The summed E-state index contributed by atoms with van der Waals surface area (Å²) in [6.45, 7) is 13.2. The molecule has 2 aromatic carbocycles. The van der Waals surface area contributed by atoms with E-state index in [1.807, 2.05) is 63.2 Å². The largest absolute Gasteiger partial charge is 0.507 e. The maximum absolute atomic E-state index is 13.2. The molecule has 164 valence electrons. The number of benzene rings is 2. The number of likely N-dealkylation sites (tertiary alicyclic amines) is 1. The molecule has 31 heavy (non-hydrogen) atoms. The van der Waals surface area contributed by atoms with Gasteiger partial charge in [0.2, 0.25) is 0 Å². The third-order valence-corrected chi connectivity index (χ3v) is 6.28. The summed E-state index contributed by atoms with van der Waals surface area (Å²) < 4.78 is 0. The van der Waals surface area contributed by atoms with Crippen LogP contribution >= 0.6 is 0 Å². The molecule has 1 amide bonds. The summed E-state index contributed by atoms with van der Waals surface area (Å²) in [7, 11) is 0. The first-order valence-electron chi connectivity index (χ1n) is 11.0. The zero-order chi connectivity index (χ0) is 22.7. The number of hydrogen-bond donors (Lipinski definition) is 2. The zero-order valence-corrected chi connectivity index (χ0v) is 19.2. The number of carbonyl (C=O) groups is 2. The van der Waals surface area contributed by atoms with Gasteiger partial charge in [-0.3, -0.25) is 9.59 Å². The molecule has 0 bridgehead atoms. The molecule has 0 aromatic heterocycles. The number of nitrogens with zero attached hydrogens (tertiary/aromatic N) is 1. The summed E-state index contributed by atoms with van der Waals surface area (Å²) >= 11 is 0. The lowest BCUT2D eigenvalue weighted by atomic mass is 9.91. The topological polar surface area (TPSA) is 62.0 Å². The summed E-state index contributed by atoms with van der Waals surface area (Å²) in [4.78, 5) is 29.2. The van der Waals surface area contributed by atoms with E-state index in [2.05, 4.69) is 13.8 Å². The molecule has 0 spiro atoms. The van der Waals surface area contributed by atoms with Gasteiger partial charge in [0, 0.05) is 5.56 Å². The number of aliphatic hydroxyl groups excluding tert-OH is 1. The summed E-state index contributed by atoms with van der Waals surface area (Å²) in [5, 5.41) is 11.4. The molecule has 1 aliphatic rings. The van der Waals surface area contributed by atoms with Crippen molar-refractivity contribution in [2.45, 2.75) is 40.7 Å².